The average Bonchev–Trinajstić information content (AvgIpc) is 3.11. The minimum atomic E-state index is -0.114. The molecule has 0 spiro atoms. The molecule has 2 aromatic carbocycles. The van der Waals surface area contributed by atoms with E-state index in [2.05, 4.69) is 24.4 Å². The van der Waals surface area contributed by atoms with Gasteiger partial charge in [-0.05, 0) is 43.0 Å². The molecular weight excluding hydrogens is 316 g/mol. The number of aryl methyl sites for hydroxylation is 1. The molecule has 132 valence electrons. The maximum Gasteiger partial charge on any atom is 0.322 e. The first-order valence-electron chi connectivity index (χ1n) is 8.49. The summed E-state index contributed by atoms with van der Waals surface area (Å²) in [5, 5.41) is 2.98. The van der Waals surface area contributed by atoms with Gasteiger partial charge in [0.25, 0.3) is 0 Å². The lowest BCUT2D eigenvalue weighted by Gasteiger charge is -2.27. The summed E-state index contributed by atoms with van der Waals surface area (Å²) < 4.78 is 10.6. The molecule has 0 radical (unpaired) electrons. The fraction of sp³-hybridized carbons (Fsp3) is 0.350. The van der Waals surface area contributed by atoms with Crippen LogP contribution in [0.2, 0.25) is 0 Å². The van der Waals surface area contributed by atoms with Crippen LogP contribution in [0.3, 0.4) is 0 Å². The summed E-state index contributed by atoms with van der Waals surface area (Å²) in [6, 6.07) is 13.6. The topological polar surface area (TPSA) is 50.8 Å². The third kappa shape index (κ3) is 3.55. The predicted octanol–water partition coefficient (Wildman–Crippen LogP) is 4.38. The van der Waals surface area contributed by atoms with E-state index in [0.717, 1.165) is 19.4 Å². The Morgan fingerprint density at radius 2 is 1.96 bits per heavy atom. The number of anilines is 1. The number of nitrogens with one attached hydrogen (secondary N) is 1. The highest BCUT2D eigenvalue weighted by Crippen LogP contribution is 2.35. The summed E-state index contributed by atoms with van der Waals surface area (Å²) in [5.41, 5.74) is 3.04. The normalized spacial score (nSPS) is 16.6. The third-order valence-electron chi connectivity index (χ3n) is 4.71. The van der Waals surface area contributed by atoms with E-state index in [9.17, 15) is 4.79 Å². The molecule has 5 nitrogen and oxygen atoms in total. The van der Waals surface area contributed by atoms with Gasteiger partial charge in [0.15, 0.2) is 0 Å². The SMILES string of the molecule is COc1ccc(OC)c(NC(=O)N2CCC[C@H]2c2ccccc2C)c1. The van der Waals surface area contributed by atoms with Gasteiger partial charge in [-0.1, -0.05) is 24.3 Å². The van der Waals surface area contributed by atoms with Crippen LogP contribution in [0.5, 0.6) is 11.5 Å². The molecule has 1 N–H and O–H groups in total. The highest BCUT2D eigenvalue weighted by atomic mass is 16.5. The number of hydrogen-bond acceptors (Lipinski definition) is 3. The van der Waals surface area contributed by atoms with Crippen LogP contribution < -0.4 is 14.8 Å². The summed E-state index contributed by atoms with van der Waals surface area (Å²) in [4.78, 5) is 14.8. The second kappa shape index (κ2) is 7.47. The van der Waals surface area contributed by atoms with Gasteiger partial charge in [0.2, 0.25) is 0 Å². The number of carbonyl (C=O) groups excluding carboxylic acids is 1. The lowest BCUT2D eigenvalue weighted by molar-refractivity contribution is 0.207. The number of amides is 2. The quantitative estimate of drug-likeness (QED) is 0.898. The number of nitrogens with zero attached hydrogens (tertiary/aromatic N) is 1. The first-order chi connectivity index (χ1) is 12.1. The fourth-order valence-electron chi connectivity index (χ4n) is 3.39. The van der Waals surface area contributed by atoms with E-state index >= 15 is 0 Å². The number of methoxy groups -OCH3 is 2. The minimum absolute atomic E-state index is 0.109. The zero-order valence-corrected chi connectivity index (χ0v) is 14.9. The van der Waals surface area contributed by atoms with Crippen LogP contribution in [0.25, 0.3) is 0 Å². The Balaban J connectivity index is 1.82. The molecule has 0 unspecified atom stereocenters. The molecule has 1 saturated heterocycles. The van der Waals surface area contributed by atoms with Crippen LogP contribution in [-0.2, 0) is 0 Å². The Morgan fingerprint density at radius 3 is 2.68 bits per heavy atom. The lowest BCUT2D eigenvalue weighted by Crippen LogP contribution is -2.34. The summed E-state index contributed by atoms with van der Waals surface area (Å²) in [7, 11) is 3.19. The van der Waals surface area contributed by atoms with E-state index in [1.807, 2.05) is 17.0 Å². The summed E-state index contributed by atoms with van der Waals surface area (Å²) >= 11 is 0. The van der Waals surface area contributed by atoms with E-state index in [1.165, 1.54) is 11.1 Å². The number of hydrogen-bond donors (Lipinski definition) is 1. The van der Waals surface area contributed by atoms with Crippen molar-refractivity contribution in [3.05, 3.63) is 53.6 Å². The standard InChI is InChI=1S/C20H24N2O3/c1-14-7-4-5-8-16(14)18-9-6-12-22(18)20(23)21-17-13-15(24-2)10-11-19(17)25-3/h4-5,7-8,10-11,13,18H,6,9,12H2,1-3H3,(H,21,23)/t18-/m0/s1. The van der Waals surface area contributed by atoms with Gasteiger partial charge in [-0.2, -0.15) is 0 Å². The number of carbonyl (C=O) groups is 1. The van der Waals surface area contributed by atoms with E-state index in [0.29, 0.717) is 17.2 Å². The van der Waals surface area contributed by atoms with Gasteiger partial charge in [-0.15, -0.1) is 0 Å². The molecule has 1 fully saturated rings. The maximum absolute atomic E-state index is 12.9. The Kier molecular flexibility index (Phi) is 5.12. The predicted molar refractivity (Wildman–Crippen MR) is 98.4 cm³/mol. The van der Waals surface area contributed by atoms with Crippen molar-refractivity contribution in [2.24, 2.45) is 0 Å². The van der Waals surface area contributed by atoms with Gasteiger partial charge in [0, 0.05) is 12.6 Å². The Hall–Kier alpha value is -2.69. The molecular formula is C20H24N2O3. The van der Waals surface area contributed by atoms with Gasteiger partial charge >= 0.3 is 6.03 Å². The molecule has 0 bridgehead atoms. The summed E-state index contributed by atoms with van der Waals surface area (Å²) in [6.45, 7) is 2.84. The van der Waals surface area contributed by atoms with Gasteiger partial charge in [-0.3, -0.25) is 0 Å². The van der Waals surface area contributed by atoms with Gasteiger partial charge < -0.3 is 19.7 Å². The van der Waals surface area contributed by atoms with Crippen LogP contribution in [0, 0.1) is 6.92 Å². The first-order valence-corrected chi connectivity index (χ1v) is 8.49. The molecule has 3 rings (SSSR count). The lowest BCUT2D eigenvalue weighted by atomic mass is 9.99. The molecule has 5 heteroatoms. The number of urea groups is 1. The van der Waals surface area contributed by atoms with Crippen LogP contribution in [0.1, 0.15) is 30.0 Å². The largest absolute Gasteiger partial charge is 0.497 e. The van der Waals surface area contributed by atoms with Gasteiger partial charge in [-0.25, -0.2) is 4.79 Å². The molecule has 0 aromatic heterocycles. The van der Waals surface area contributed by atoms with Crippen LogP contribution in [0.15, 0.2) is 42.5 Å². The van der Waals surface area contributed by atoms with Crippen molar-refractivity contribution in [1.82, 2.24) is 4.90 Å². The van der Waals surface area contributed by atoms with E-state index in [4.69, 9.17) is 9.47 Å². The Morgan fingerprint density at radius 1 is 1.16 bits per heavy atom. The molecule has 1 aliphatic heterocycles. The zero-order chi connectivity index (χ0) is 17.8. The number of ether oxygens (including phenoxy) is 2. The highest BCUT2D eigenvalue weighted by Gasteiger charge is 2.31. The second-order valence-corrected chi connectivity index (χ2v) is 6.20. The second-order valence-electron chi connectivity index (χ2n) is 6.20. The van der Waals surface area contributed by atoms with Crippen LogP contribution in [-0.4, -0.2) is 31.7 Å². The number of likely N-dealkylation sites (tertiary alicyclic amines) is 1. The smallest absolute Gasteiger partial charge is 0.322 e. The molecule has 1 heterocycles. The summed E-state index contributed by atoms with van der Waals surface area (Å²) in [5.74, 6) is 1.29. The van der Waals surface area contributed by atoms with E-state index in [1.54, 1.807) is 32.4 Å². The molecule has 1 aliphatic rings. The summed E-state index contributed by atoms with van der Waals surface area (Å²) in [6.07, 6.45) is 1.98. The first kappa shape index (κ1) is 17.1. The van der Waals surface area contributed by atoms with E-state index in [-0.39, 0.29) is 12.1 Å². The van der Waals surface area contributed by atoms with Crippen molar-refractivity contribution in [3.8, 4) is 11.5 Å². The highest BCUT2D eigenvalue weighted by molar-refractivity contribution is 5.91. The fourth-order valence-corrected chi connectivity index (χ4v) is 3.39. The van der Waals surface area contributed by atoms with Gasteiger partial charge in [0.1, 0.15) is 11.5 Å². The van der Waals surface area contributed by atoms with Crippen molar-refractivity contribution in [2.75, 3.05) is 26.1 Å². The van der Waals surface area contributed by atoms with Crippen molar-refractivity contribution < 1.29 is 14.3 Å². The Labute approximate surface area is 148 Å². The average molecular weight is 340 g/mol. The molecule has 0 saturated carbocycles. The number of benzene rings is 2. The number of rotatable bonds is 4. The third-order valence-corrected chi connectivity index (χ3v) is 4.71. The molecule has 1 atom stereocenters. The maximum atomic E-state index is 12.9. The van der Waals surface area contributed by atoms with Crippen molar-refractivity contribution >= 4 is 11.7 Å². The van der Waals surface area contributed by atoms with E-state index < -0.39 is 0 Å². The van der Waals surface area contributed by atoms with Crippen molar-refractivity contribution in [3.63, 3.8) is 0 Å². The molecule has 25 heavy (non-hydrogen) atoms. The van der Waals surface area contributed by atoms with Crippen molar-refractivity contribution in [1.29, 1.82) is 0 Å². The minimum Gasteiger partial charge on any atom is -0.497 e. The molecule has 2 aromatic rings. The zero-order valence-electron chi connectivity index (χ0n) is 14.9. The van der Waals surface area contributed by atoms with Crippen LogP contribution in [0.4, 0.5) is 10.5 Å². The van der Waals surface area contributed by atoms with Crippen molar-refractivity contribution in [2.45, 2.75) is 25.8 Å². The Bertz CT molecular complexity index is 760. The van der Waals surface area contributed by atoms with Gasteiger partial charge in [0.05, 0.1) is 25.9 Å². The molecule has 2 amide bonds. The molecule has 0 aliphatic carbocycles. The van der Waals surface area contributed by atoms with Crippen LogP contribution >= 0.6 is 0 Å². The monoisotopic (exact) mass is 340 g/mol.